The van der Waals surface area contributed by atoms with E-state index in [-0.39, 0.29) is 18.0 Å². The molecule has 1 aliphatic carbocycles. The molecule has 0 aromatic carbocycles. The Morgan fingerprint density at radius 3 is 2.81 bits per heavy atom. The summed E-state index contributed by atoms with van der Waals surface area (Å²) in [5, 5.41) is 6.47. The number of hydrogen-bond acceptors (Lipinski definition) is 6. The summed E-state index contributed by atoms with van der Waals surface area (Å²) >= 11 is 6.14. The van der Waals surface area contributed by atoms with Gasteiger partial charge in [-0.2, -0.15) is 4.98 Å². The highest BCUT2D eigenvalue weighted by molar-refractivity contribution is 6.29. The summed E-state index contributed by atoms with van der Waals surface area (Å²) in [5.41, 5.74) is 0. The van der Waals surface area contributed by atoms with Crippen LogP contribution in [-0.4, -0.2) is 54.3 Å². The monoisotopic (exact) mass is 381 g/mol. The minimum absolute atomic E-state index is 0.0227. The molecule has 0 bridgehead atoms. The van der Waals surface area contributed by atoms with Crippen LogP contribution < -0.4 is 15.5 Å². The molecule has 3 rings (SSSR count). The number of carbonyl (C=O) groups is 1. The Morgan fingerprint density at radius 1 is 1.35 bits per heavy atom. The average molecular weight is 382 g/mol. The third kappa shape index (κ3) is 4.57. The van der Waals surface area contributed by atoms with E-state index in [1.807, 2.05) is 0 Å². The Balaban J connectivity index is 1.71. The van der Waals surface area contributed by atoms with Gasteiger partial charge in [-0.1, -0.05) is 37.8 Å². The first-order valence-corrected chi connectivity index (χ1v) is 9.89. The number of carbonyl (C=O) groups excluding carboxylic acids is 1. The van der Waals surface area contributed by atoms with Crippen LogP contribution in [0.1, 0.15) is 45.4 Å². The third-order valence-corrected chi connectivity index (χ3v) is 5.40. The zero-order chi connectivity index (χ0) is 18.5. The highest BCUT2D eigenvalue weighted by Crippen LogP contribution is 2.25. The number of aromatic nitrogens is 2. The van der Waals surface area contributed by atoms with Gasteiger partial charge in [0.15, 0.2) is 6.10 Å². The summed E-state index contributed by atoms with van der Waals surface area (Å²) in [6, 6.07) is 2.18. The average Bonchev–Trinajstić information content (AvgIpc) is 2.67. The molecule has 7 nitrogen and oxygen atoms in total. The van der Waals surface area contributed by atoms with Crippen LogP contribution in [0.5, 0.6) is 0 Å². The molecule has 2 fully saturated rings. The number of halogens is 1. The number of amides is 1. The summed E-state index contributed by atoms with van der Waals surface area (Å²) < 4.78 is 5.88. The summed E-state index contributed by atoms with van der Waals surface area (Å²) in [4.78, 5) is 23.5. The lowest BCUT2D eigenvalue weighted by Gasteiger charge is -2.40. The van der Waals surface area contributed by atoms with Crippen LogP contribution in [-0.2, 0) is 9.53 Å². The Kier molecular flexibility index (Phi) is 6.53. The molecule has 1 saturated heterocycles. The Hall–Kier alpha value is -1.60. The van der Waals surface area contributed by atoms with Crippen molar-refractivity contribution < 1.29 is 9.53 Å². The molecule has 1 aromatic rings. The maximum atomic E-state index is 12.7. The Bertz CT molecular complexity index is 624. The van der Waals surface area contributed by atoms with Gasteiger partial charge in [0.25, 0.3) is 5.91 Å². The Morgan fingerprint density at radius 2 is 2.12 bits per heavy atom. The van der Waals surface area contributed by atoms with Gasteiger partial charge in [0.05, 0.1) is 19.2 Å². The van der Waals surface area contributed by atoms with E-state index in [0.717, 1.165) is 25.1 Å². The number of nitrogens with zero attached hydrogens (tertiary/aromatic N) is 3. The zero-order valence-corrected chi connectivity index (χ0v) is 16.3. The largest absolute Gasteiger partial charge is 0.364 e. The molecular formula is C18H28ClN5O2. The van der Waals surface area contributed by atoms with Crippen molar-refractivity contribution in [2.45, 2.75) is 63.6 Å². The number of hydrogen-bond donors (Lipinski definition) is 2. The molecule has 2 aliphatic rings. The molecule has 1 aromatic heterocycles. The molecular weight excluding hydrogens is 354 g/mol. The predicted molar refractivity (Wildman–Crippen MR) is 103 cm³/mol. The number of morpholine rings is 1. The van der Waals surface area contributed by atoms with Gasteiger partial charge in [-0.15, -0.1) is 0 Å². The highest BCUT2D eigenvalue weighted by Gasteiger charge is 2.34. The number of anilines is 2. The van der Waals surface area contributed by atoms with E-state index < -0.39 is 6.10 Å². The topological polar surface area (TPSA) is 79.4 Å². The van der Waals surface area contributed by atoms with Gasteiger partial charge in [-0.25, -0.2) is 4.98 Å². The molecule has 2 N–H and O–H groups in total. The molecule has 1 aliphatic heterocycles. The van der Waals surface area contributed by atoms with Crippen molar-refractivity contribution in [3.63, 3.8) is 0 Å². The second-order valence-corrected chi connectivity index (χ2v) is 7.39. The number of nitrogens with one attached hydrogen (secondary N) is 2. The summed E-state index contributed by atoms with van der Waals surface area (Å²) in [6.07, 6.45) is 6.17. The van der Waals surface area contributed by atoms with E-state index in [1.165, 1.54) is 19.3 Å². The normalized spacial score (nSPS) is 24.3. The maximum Gasteiger partial charge on any atom is 0.251 e. The van der Waals surface area contributed by atoms with Crippen molar-refractivity contribution in [1.29, 1.82) is 0 Å². The van der Waals surface area contributed by atoms with Crippen LogP contribution in [0.25, 0.3) is 0 Å². The van der Waals surface area contributed by atoms with Crippen LogP contribution in [0, 0.1) is 0 Å². The number of rotatable bonds is 5. The molecule has 0 radical (unpaired) electrons. The van der Waals surface area contributed by atoms with Crippen LogP contribution >= 0.6 is 11.6 Å². The van der Waals surface area contributed by atoms with Gasteiger partial charge in [-0.3, -0.25) is 4.79 Å². The molecule has 1 amide bonds. The van der Waals surface area contributed by atoms with Crippen molar-refractivity contribution in [2.24, 2.45) is 0 Å². The van der Waals surface area contributed by atoms with Crippen LogP contribution in [0.3, 0.4) is 0 Å². The second kappa shape index (κ2) is 8.86. The lowest BCUT2D eigenvalue weighted by Crippen LogP contribution is -2.56. The number of ether oxygens (including phenoxy) is 1. The molecule has 0 unspecified atom stereocenters. The van der Waals surface area contributed by atoms with Crippen LogP contribution in [0.15, 0.2) is 6.07 Å². The van der Waals surface area contributed by atoms with E-state index in [1.54, 1.807) is 13.1 Å². The third-order valence-electron chi connectivity index (χ3n) is 5.21. The summed E-state index contributed by atoms with van der Waals surface area (Å²) in [5.74, 6) is 1.17. The van der Waals surface area contributed by atoms with Gasteiger partial charge >= 0.3 is 0 Å². The second-order valence-electron chi connectivity index (χ2n) is 7.00. The van der Waals surface area contributed by atoms with Gasteiger partial charge in [0.1, 0.15) is 11.0 Å². The molecule has 2 atom stereocenters. The van der Waals surface area contributed by atoms with E-state index in [4.69, 9.17) is 16.3 Å². The Labute approximate surface area is 159 Å². The fourth-order valence-electron chi connectivity index (χ4n) is 3.68. The lowest BCUT2D eigenvalue weighted by atomic mass is 9.95. The van der Waals surface area contributed by atoms with Crippen molar-refractivity contribution in [2.75, 3.05) is 30.4 Å². The summed E-state index contributed by atoms with van der Waals surface area (Å²) in [6.45, 7) is 3.06. The van der Waals surface area contributed by atoms with Gasteiger partial charge in [-0.05, 0) is 19.3 Å². The van der Waals surface area contributed by atoms with Crippen molar-refractivity contribution >= 4 is 29.3 Å². The van der Waals surface area contributed by atoms with Crippen molar-refractivity contribution in [1.82, 2.24) is 15.3 Å². The standard InChI is InChI=1S/C18H28ClN5O2/c1-3-13-11-26-14(17(25)21-12-7-5-4-6-8-12)10-24(13)16-9-15(19)22-18(20-2)23-16/h9,12-14H,3-8,10-11H2,1-2H3,(H,21,25)(H,20,22,23)/t13-,14+/m1/s1. The van der Waals surface area contributed by atoms with Gasteiger partial charge < -0.3 is 20.3 Å². The smallest absolute Gasteiger partial charge is 0.251 e. The maximum absolute atomic E-state index is 12.7. The first-order valence-electron chi connectivity index (χ1n) is 9.51. The van der Waals surface area contributed by atoms with E-state index in [2.05, 4.69) is 32.4 Å². The molecule has 144 valence electrons. The van der Waals surface area contributed by atoms with Crippen LogP contribution in [0.2, 0.25) is 5.15 Å². The SMILES string of the molecule is CC[C@@H]1CO[C@H](C(=O)NC2CCCCC2)CN1c1cc(Cl)nc(NC)n1. The fraction of sp³-hybridized carbons (Fsp3) is 0.722. The predicted octanol–water partition coefficient (Wildman–Crippen LogP) is 2.60. The summed E-state index contributed by atoms with van der Waals surface area (Å²) in [7, 11) is 1.76. The quantitative estimate of drug-likeness (QED) is 0.763. The first-order chi connectivity index (χ1) is 12.6. The molecule has 0 spiro atoms. The minimum Gasteiger partial charge on any atom is -0.364 e. The van der Waals surface area contributed by atoms with E-state index in [9.17, 15) is 4.79 Å². The van der Waals surface area contributed by atoms with Gasteiger partial charge in [0.2, 0.25) is 5.95 Å². The molecule has 8 heteroatoms. The van der Waals surface area contributed by atoms with Crippen molar-refractivity contribution in [3.8, 4) is 0 Å². The lowest BCUT2D eigenvalue weighted by molar-refractivity contribution is -0.135. The van der Waals surface area contributed by atoms with Crippen LogP contribution in [0.4, 0.5) is 11.8 Å². The van der Waals surface area contributed by atoms with Gasteiger partial charge in [0, 0.05) is 19.2 Å². The molecule has 2 heterocycles. The fourth-order valence-corrected chi connectivity index (χ4v) is 3.86. The first kappa shape index (κ1) is 19.2. The van der Waals surface area contributed by atoms with E-state index >= 15 is 0 Å². The molecule has 26 heavy (non-hydrogen) atoms. The van der Waals surface area contributed by atoms with E-state index in [0.29, 0.717) is 24.3 Å². The highest BCUT2D eigenvalue weighted by atomic mass is 35.5. The van der Waals surface area contributed by atoms with Crippen molar-refractivity contribution in [3.05, 3.63) is 11.2 Å². The zero-order valence-electron chi connectivity index (χ0n) is 15.5. The molecule has 1 saturated carbocycles. The minimum atomic E-state index is -0.494.